The van der Waals surface area contributed by atoms with Crippen LogP contribution in [-0.2, 0) is 47.6 Å². The van der Waals surface area contributed by atoms with Crippen LogP contribution in [0, 0.1) is 22.7 Å². The van der Waals surface area contributed by atoms with Crippen molar-refractivity contribution in [1.82, 2.24) is 5.32 Å². The van der Waals surface area contributed by atoms with Gasteiger partial charge in [0.05, 0.1) is 35.6 Å². The Morgan fingerprint density at radius 3 is 2.13 bits per heavy atom. The van der Waals surface area contributed by atoms with E-state index in [4.69, 9.17) is 28.4 Å². The van der Waals surface area contributed by atoms with Crippen molar-refractivity contribution in [3.63, 3.8) is 0 Å². The maximum absolute atomic E-state index is 15.5. The van der Waals surface area contributed by atoms with E-state index in [1.807, 2.05) is 0 Å². The van der Waals surface area contributed by atoms with Gasteiger partial charge in [-0.2, -0.15) is 0 Å². The van der Waals surface area contributed by atoms with Crippen molar-refractivity contribution < 1.29 is 72.5 Å². The summed E-state index contributed by atoms with van der Waals surface area (Å²) >= 11 is 0. The highest BCUT2D eigenvalue weighted by atomic mass is 16.6. The number of Topliss-reactive ketones (excluding diaryl/α,β-unsaturated/α-hetero) is 1. The molecule has 4 N–H and O–H groups in total. The number of ether oxygens (including phenoxy) is 6. The fraction of sp³-hybridized carbons (Fsp3) is 0.689. The Hall–Kier alpha value is -4.38. The summed E-state index contributed by atoms with van der Waals surface area (Å²) in [5.41, 5.74) is -8.38. The van der Waals surface area contributed by atoms with Gasteiger partial charge in [0.2, 0.25) is 0 Å². The summed E-state index contributed by atoms with van der Waals surface area (Å²) in [5.74, 6) is -6.43. The predicted octanol–water partition coefficient (Wildman–Crippen LogP) is 4.04. The van der Waals surface area contributed by atoms with Gasteiger partial charge < -0.3 is 49.1 Å². The number of alkyl carbamates (subject to hydrolysis) is 1. The lowest BCUT2D eigenvalue weighted by Gasteiger charge is -2.67. The molecule has 16 heteroatoms. The first-order valence-corrected chi connectivity index (χ1v) is 21.2. The second-order valence-electron chi connectivity index (χ2n) is 19.2. The van der Waals surface area contributed by atoms with E-state index in [2.05, 4.69) is 5.32 Å². The van der Waals surface area contributed by atoms with Gasteiger partial charge >= 0.3 is 30.0 Å². The van der Waals surface area contributed by atoms with Crippen LogP contribution in [0.25, 0.3) is 0 Å². The number of carbonyl (C=O) groups excluding carboxylic acids is 6. The quantitative estimate of drug-likeness (QED) is 0.156. The Bertz CT molecular complexity index is 1930. The Kier molecular flexibility index (Phi) is 12.6. The molecule has 1 amide bonds. The molecule has 61 heavy (non-hydrogen) atoms. The summed E-state index contributed by atoms with van der Waals surface area (Å²) in [6.45, 7) is 13.1. The smallest absolute Gasteiger partial charge is 0.407 e. The Morgan fingerprint density at radius 2 is 1.57 bits per heavy atom. The fourth-order valence-corrected chi connectivity index (χ4v) is 10.8. The molecule has 4 fully saturated rings. The topological polar surface area (TPSA) is 231 Å². The second kappa shape index (κ2) is 16.7. The number of hydrogen-bond acceptors (Lipinski definition) is 15. The first-order valence-electron chi connectivity index (χ1n) is 21.2. The lowest BCUT2D eigenvalue weighted by molar-refractivity contribution is -0.346. The molecule has 1 aromatic rings. The van der Waals surface area contributed by atoms with E-state index in [0.29, 0.717) is 12.8 Å². The molecule has 6 rings (SSSR count). The highest BCUT2D eigenvalue weighted by Gasteiger charge is 2.78. The zero-order valence-electron chi connectivity index (χ0n) is 36.5. The van der Waals surface area contributed by atoms with Crippen LogP contribution in [0.4, 0.5) is 4.79 Å². The van der Waals surface area contributed by atoms with Crippen molar-refractivity contribution in [3.05, 3.63) is 47.0 Å². The van der Waals surface area contributed by atoms with Crippen LogP contribution in [0.15, 0.2) is 41.5 Å². The van der Waals surface area contributed by atoms with Crippen molar-refractivity contribution in [2.45, 2.75) is 167 Å². The van der Waals surface area contributed by atoms with Gasteiger partial charge in [-0.15, -0.1) is 0 Å². The van der Waals surface area contributed by atoms with Crippen LogP contribution >= 0.6 is 0 Å². The van der Waals surface area contributed by atoms with Crippen molar-refractivity contribution >= 4 is 35.8 Å². The van der Waals surface area contributed by atoms with Crippen LogP contribution in [0.5, 0.6) is 0 Å². The number of aliphatic hydroxyl groups excluding tert-OH is 2. The SMILES string of the molecule is CC(=O)O[C@H]1C(=O)[C@@]2(C)[C@H]([C@H](OC(=O)c3ccccc3)[C@]3(O)C[C@H](OC(=O)[C@H](O)[C@@H](NC(=O)OC(C)(C)C)C4CCCCC4)C(C)=C1C3(C)C)[C@]1(OC(C)=O)CO[C@@H]1C[C@@H]2O. The van der Waals surface area contributed by atoms with Gasteiger partial charge in [0, 0.05) is 32.1 Å². The van der Waals surface area contributed by atoms with Crippen LogP contribution in [-0.4, -0.2) is 117 Å². The molecule has 1 aliphatic heterocycles. The summed E-state index contributed by atoms with van der Waals surface area (Å²) in [5, 5.41) is 40.2. The maximum Gasteiger partial charge on any atom is 0.407 e. The van der Waals surface area contributed by atoms with Crippen molar-refractivity contribution in [1.29, 1.82) is 0 Å². The first-order chi connectivity index (χ1) is 28.4. The number of hydrogen-bond donors (Lipinski definition) is 4. The zero-order chi connectivity index (χ0) is 45.0. The Labute approximate surface area is 356 Å². The lowest BCUT2D eigenvalue weighted by Crippen LogP contribution is -2.82. The average Bonchev–Trinajstić information content (AvgIpc) is 3.17. The monoisotopic (exact) mass is 855 g/mol. The zero-order valence-corrected chi connectivity index (χ0v) is 36.5. The lowest BCUT2D eigenvalue weighted by atomic mass is 9.44. The number of fused-ring (bicyclic) bond motifs is 5. The van der Waals surface area contributed by atoms with Gasteiger partial charge in [0.25, 0.3) is 0 Å². The molecule has 0 unspecified atom stereocenters. The molecule has 16 nitrogen and oxygen atoms in total. The molecular weight excluding hydrogens is 794 g/mol. The van der Waals surface area contributed by atoms with Gasteiger partial charge in [-0.1, -0.05) is 51.3 Å². The number of carbonyl (C=O) groups is 6. The molecule has 1 saturated heterocycles. The summed E-state index contributed by atoms with van der Waals surface area (Å²) in [6, 6.07) is 6.76. The summed E-state index contributed by atoms with van der Waals surface area (Å²) in [7, 11) is 0. The number of benzene rings is 1. The Morgan fingerprint density at radius 1 is 0.934 bits per heavy atom. The number of aliphatic hydroxyl groups is 3. The molecule has 4 aliphatic carbocycles. The van der Waals surface area contributed by atoms with Crippen molar-refractivity contribution in [2.24, 2.45) is 22.7 Å². The maximum atomic E-state index is 15.5. The molecule has 336 valence electrons. The average molecular weight is 856 g/mol. The van der Waals surface area contributed by atoms with E-state index < -0.39 is 118 Å². The molecule has 5 aliphatic rings. The van der Waals surface area contributed by atoms with Gasteiger partial charge in [0.1, 0.15) is 29.5 Å². The van der Waals surface area contributed by atoms with Crippen molar-refractivity contribution in [3.8, 4) is 0 Å². The normalized spacial score (nSPS) is 34.4. The highest BCUT2D eigenvalue weighted by Crippen LogP contribution is 2.64. The summed E-state index contributed by atoms with van der Waals surface area (Å²) in [4.78, 5) is 83.1. The van der Waals surface area contributed by atoms with Crippen LogP contribution in [0.1, 0.15) is 118 Å². The third-order valence-electron chi connectivity index (χ3n) is 13.9. The molecule has 11 atom stereocenters. The van der Waals surface area contributed by atoms with Crippen LogP contribution in [0.3, 0.4) is 0 Å². The standard InChI is InChI=1S/C45H61NO15/c1-23-28(58-39(53)33(50)32(26-16-12-10-13-17-26)46-40(54)61-41(4,5)6)21-45(55)37(59-38(52)27-18-14-11-15-19-27)35-43(9,29(49)20-30-44(35,22-56-30)60-25(3)48)36(51)34(57-24(2)47)31(23)42(45,7)8/h11,14-15,18-19,26,28-30,32-35,37,49-50,55H,10,12-13,16-17,20-22H2,1-9H3,(H,46,54)/t28-,29-,30+,32-,33+,34+,35-,37-,43+,44-,45+/m0/s1. The minimum atomic E-state index is -2.37. The summed E-state index contributed by atoms with van der Waals surface area (Å²) in [6.07, 6.45) is -7.33. The number of rotatable bonds is 9. The fourth-order valence-electron chi connectivity index (χ4n) is 10.8. The highest BCUT2D eigenvalue weighted by molar-refractivity contribution is 5.95. The first kappa shape index (κ1) is 46.1. The van der Waals surface area contributed by atoms with Crippen LogP contribution < -0.4 is 5.32 Å². The minimum absolute atomic E-state index is 0.0191. The molecule has 0 spiro atoms. The van der Waals surface area contributed by atoms with Crippen molar-refractivity contribution in [2.75, 3.05) is 6.61 Å². The third-order valence-corrected chi connectivity index (χ3v) is 13.9. The minimum Gasteiger partial charge on any atom is -0.456 e. The molecule has 3 saturated carbocycles. The summed E-state index contributed by atoms with van der Waals surface area (Å²) < 4.78 is 35.8. The molecule has 0 radical (unpaired) electrons. The van der Waals surface area contributed by atoms with Gasteiger partial charge in [0.15, 0.2) is 23.6 Å². The Balaban J connectivity index is 1.52. The van der Waals surface area contributed by atoms with Gasteiger partial charge in [-0.25, -0.2) is 14.4 Å². The molecule has 1 heterocycles. The second-order valence-corrected chi connectivity index (χ2v) is 19.2. The largest absolute Gasteiger partial charge is 0.456 e. The molecule has 2 bridgehead atoms. The predicted molar refractivity (Wildman–Crippen MR) is 214 cm³/mol. The number of esters is 4. The van der Waals surface area contributed by atoms with E-state index in [9.17, 15) is 39.3 Å². The van der Waals surface area contributed by atoms with Gasteiger partial charge in [-0.05, 0) is 76.7 Å². The third kappa shape index (κ3) is 8.20. The molecule has 0 aromatic heterocycles. The van der Waals surface area contributed by atoms with Gasteiger partial charge in [-0.3, -0.25) is 14.4 Å². The van der Waals surface area contributed by atoms with E-state index >= 15 is 4.79 Å². The number of amides is 1. The molecule has 1 aromatic carbocycles. The molecular formula is C45H61NO15. The van der Waals surface area contributed by atoms with E-state index in [0.717, 1.165) is 33.1 Å². The number of ketones is 1. The van der Waals surface area contributed by atoms with E-state index in [1.165, 1.54) is 19.1 Å². The van der Waals surface area contributed by atoms with Crippen LogP contribution in [0.2, 0.25) is 0 Å². The van der Waals surface area contributed by atoms with E-state index in [-0.39, 0.29) is 35.7 Å². The van der Waals surface area contributed by atoms with E-state index in [1.54, 1.807) is 59.7 Å². The number of nitrogens with one attached hydrogen (secondary N) is 1.